The lowest BCUT2D eigenvalue weighted by Crippen LogP contribution is -2.39. The van der Waals surface area contributed by atoms with E-state index in [0.717, 1.165) is 4.90 Å². The molecule has 0 saturated carbocycles. The van der Waals surface area contributed by atoms with Gasteiger partial charge in [-0.1, -0.05) is 13.8 Å². The van der Waals surface area contributed by atoms with E-state index in [2.05, 4.69) is 5.32 Å². The van der Waals surface area contributed by atoms with Crippen molar-refractivity contribution < 1.29 is 28.3 Å². The lowest BCUT2D eigenvalue weighted by Gasteiger charge is -2.22. The number of hydrogen-bond acceptors (Lipinski definition) is 5. The summed E-state index contributed by atoms with van der Waals surface area (Å²) in [4.78, 5) is 53.2. The van der Waals surface area contributed by atoms with E-state index in [1.165, 1.54) is 41.3 Å². The molecule has 1 N–H and O–H groups in total. The molecule has 8 nitrogen and oxygen atoms in total. The van der Waals surface area contributed by atoms with Crippen molar-refractivity contribution in [2.24, 2.45) is 5.92 Å². The minimum Gasteiger partial charge on any atom is -0.462 e. The predicted molar refractivity (Wildman–Crippen MR) is 125 cm³/mol. The molecular formula is C25H28FN3O5. The fraction of sp³-hybridized carbons (Fsp3) is 0.360. The Morgan fingerprint density at radius 2 is 1.71 bits per heavy atom. The van der Waals surface area contributed by atoms with Gasteiger partial charge < -0.3 is 15.0 Å². The lowest BCUT2D eigenvalue weighted by molar-refractivity contribution is -0.124. The number of hydrogen-bond donors (Lipinski definition) is 1. The summed E-state index contributed by atoms with van der Waals surface area (Å²) < 4.78 is 18.3. The number of carbonyl (C=O) groups excluding carboxylic acids is 4. The second kappa shape index (κ2) is 10.9. The van der Waals surface area contributed by atoms with E-state index in [0.29, 0.717) is 24.2 Å². The fourth-order valence-electron chi connectivity index (χ4n) is 3.60. The summed E-state index contributed by atoms with van der Waals surface area (Å²) in [5, 5.41) is 2.70. The highest BCUT2D eigenvalue weighted by Crippen LogP contribution is 2.28. The summed E-state index contributed by atoms with van der Waals surface area (Å²) in [5.41, 5.74) is 1.05. The van der Waals surface area contributed by atoms with Crippen molar-refractivity contribution in [1.82, 2.24) is 4.90 Å². The third-order valence-corrected chi connectivity index (χ3v) is 5.41. The van der Waals surface area contributed by atoms with Gasteiger partial charge in [0, 0.05) is 12.2 Å². The number of esters is 1. The minimum absolute atomic E-state index is 0.236. The van der Waals surface area contributed by atoms with Crippen molar-refractivity contribution >= 4 is 35.2 Å². The Balaban J connectivity index is 1.74. The summed E-state index contributed by atoms with van der Waals surface area (Å²) in [6.07, 6.45) is 0.420. The van der Waals surface area contributed by atoms with Gasteiger partial charge in [-0.3, -0.25) is 9.59 Å². The van der Waals surface area contributed by atoms with Crippen LogP contribution in [0.1, 0.15) is 44.0 Å². The number of ether oxygens (including phenoxy) is 1. The van der Waals surface area contributed by atoms with Crippen molar-refractivity contribution in [2.45, 2.75) is 39.7 Å². The van der Waals surface area contributed by atoms with Crippen molar-refractivity contribution in [1.29, 1.82) is 0 Å². The second-order valence-electron chi connectivity index (χ2n) is 8.37. The van der Waals surface area contributed by atoms with Crippen LogP contribution in [-0.2, 0) is 14.3 Å². The Kier molecular flexibility index (Phi) is 7.99. The number of rotatable bonds is 9. The third-order valence-electron chi connectivity index (χ3n) is 5.41. The normalized spacial score (nSPS) is 15.7. The molecule has 1 fully saturated rings. The highest BCUT2D eigenvalue weighted by molar-refractivity contribution is 6.22. The molecule has 3 rings (SSSR count). The molecule has 1 aliphatic rings. The Morgan fingerprint density at radius 3 is 2.29 bits per heavy atom. The van der Waals surface area contributed by atoms with Gasteiger partial charge in [0.15, 0.2) is 0 Å². The standard InChI is InChI=1S/C25H28FN3O5/c1-4-34-24(32)17-5-9-19(10-6-17)27-22(30)15-21-23(31)29(20-11-7-18(26)8-12-20)25(33)28(21)14-13-16(2)3/h5-12,16,21H,4,13-15H2,1-3H3,(H,27,30)/t21-/m0/s1. The first kappa shape index (κ1) is 24.9. The van der Waals surface area contributed by atoms with E-state index in [4.69, 9.17) is 4.74 Å². The molecular weight excluding hydrogens is 441 g/mol. The number of halogens is 1. The number of carbonyl (C=O) groups is 4. The Bertz CT molecular complexity index is 1050. The minimum atomic E-state index is -0.977. The summed E-state index contributed by atoms with van der Waals surface area (Å²) in [6.45, 7) is 6.28. The Labute approximate surface area is 197 Å². The third kappa shape index (κ3) is 5.78. The van der Waals surface area contributed by atoms with Gasteiger partial charge >= 0.3 is 12.0 Å². The van der Waals surface area contributed by atoms with Gasteiger partial charge in [0.05, 0.1) is 24.3 Å². The number of nitrogens with zero attached hydrogens (tertiary/aromatic N) is 2. The quantitative estimate of drug-likeness (QED) is 0.438. The number of urea groups is 1. The smallest absolute Gasteiger partial charge is 0.338 e. The summed E-state index contributed by atoms with van der Waals surface area (Å²) in [5.74, 6) is -1.64. The highest BCUT2D eigenvalue weighted by atomic mass is 19.1. The molecule has 0 spiro atoms. The maximum absolute atomic E-state index is 13.3. The molecule has 0 aliphatic carbocycles. The van der Waals surface area contributed by atoms with Gasteiger partial charge in [0.25, 0.3) is 5.91 Å². The van der Waals surface area contributed by atoms with Crippen LogP contribution in [0.2, 0.25) is 0 Å². The average Bonchev–Trinajstić information content (AvgIpc) is 3.02. The first-order valence-electron chi connectivity index (χ1n) is 11.2. The molecule has 0 bridgehead atoms. The molecule has 2 aromatic rings. The SMILES string of the molecule is CCOC(=O)c1ccc(NC(=O)C[C@H]2C(=O)N(c3ccc(F)cc3)C(=O)N2CCC(C)C)cc1. The predicted octanol–water partition coefficient (Wildman–Crippen LogP) is 4.21. The number of nitrogens with one attached hydrogen (secondary N) is 1. The number of amides is 4. The van der Waals surface area contributed by atoms with Crippen LogP contribution in [0.25, 0.3) is 0 Å². The molecule has 1 atom stereocenters. The Morgan fingerprint density at radius 1 is 1.06 bits per heavy atom. The Hall–Kier alpha value is -3.75. The van der Waals surface area contributed by atoms with E-state index < -0.39 is 35.7 Å². The molecule has 0 aromatic heterocycles. The summed E-state index contributed by atoms with van der Waals surface area (Å²) in [6, 6.07) is 9.75. The first-order valence-corrected chi connectivity index (χ1v) is 11.2. The molecule has 0 radical (unpaired) electrons. The molecule has 2 aromatic carbocycles. The molecule has 0 unspecified atom stereocenters. The van der Waals surface area contributed by atoms with Gasteiger partial charge in [-0.05, 0) is 67.8 Å². The zero-order valence-electron chi connectivity index (χ0n) is 19.4. The molecule has 9 heteroatoms. The van der Waals surface area contributed by atoms with Crippen LogP contribution in [0.3, 0.4) is 0 Å². The maximum Gasteiger partial charge on any atom is 0.338 e. The molecule has 1 saturated heterocycles. The molecule has 1 heterocycles. The fourth-order valence-corrected chi connectivity index (χ4v) is 3.60. The van der Waals surface area contributed by atoms with E-state index in [9.17, 15) is 23.6 Å². The maximum atomic E-state index is 13.3. The van der Waals surface area contributed by atoms with E-state index in [-0.39, 0.29) is 24.6 Å². The second-order valence-corrected chi connectivity index (χ2v) is 8.37. The van der Waals surface area contributed by atoms with Crippen LogP contribution in [0.5, 0.6) is 0 Å². The van der Waals surface area contributed by atoms with E-state index >= 15 is 0 Å². The van der Waals surface area contributed by atoms with Gasteiger partial charge in [-0.25, -0.2) is 18.9 Å². The monoisotopic (exact) mass is 469 g/mol. The van der Waals surface area contributed by atoms with Crippen LogP contribution < -0.4 is 10.2 Å². The molecule has 34 heavy (non-hydrogen) atoms. The van der Waals surface area contributed by atoms with Gasteiger partial charge in [-0.15, -0.1) is 0 Å². The molecule has 1 aliphatic heterocycles. The van der Waals surface area contributed by atoms with Crippen molar-refractivity contribution in [2.75, 3.05) is 23.4 Å². The van der Waals surface area contributed by atoms with Gasteiger partial charge in [0.1, 0.15) is 11.9 Å². The van der Waals surface area contributed by atoms with Crippen LogP contribution in [-0.4, -0.2) is 47.9 Å². The summed E-state index contributed by atoms with van der Waals surface area (Å²) >= 11 is 0. The van der Waals surface area contributed by atoms with Crippen LogP contribution in [0.4, 0.5) is 20.6 Å². The van der Waals surface area contributed by atoms with E-state index in [1.54, 1.807) is 19.1 Å². The van der Waals surface area contributed by atoms with Crippen molar-refractivity contribution in [3.63, 3.8) is 0 Å². The number of anilines is 2. The zero-order chi connectivity index (χ0) is 24.8. The largest absolute Gasteiger partial charge is 0.462 e. The lowest BCUT2D eigenvalue weighted by atomic mass is 10.1. The zero-order valence-corrected chi connectivity index (χ0v) is 19.4. The number of benzene rings is 2. The van der Waals surface area contributed by atoms with Gasteiger partial charge in [0.2, 0.25) is 5.91 Å². The molecule has 4 amide bonds. The first-order chi connectivity index (χ1) is 16.2. The van der Waals surface area contributed by atoms with Crippen LogP contribution in [0.15, 0.2) is 48.5 Å². The van der Waals surface area contributed by atoms with Crippen molar-refractivity contribution in [3.8, 4) is 0 Å². The van der Waals surface area contributed by atoms with E-state index in [1.807, 2.05) is 13.8 Å². The van der Waals surface area contributed by atoms with Gasteiger partial charge in [-0.2, -0.15) is 0 Å². The average molecular weight is 470 g/mol. The van der Waals surface area contributed by atoms with Crippen LogP contribution in [0, 0.1) is 11.7 Å². The topological polar surface area (TPSA) is 96.0 Å². The molecule has 180 valence electrons. The van der Waals surface area contributed by atoms with Crippen molar-refractivity contribution in [3.05, 3.63) is 59.9 Å². The summed E-state index contributed by atoms with van der Waals surface area (Å²) in [7, 11) is 0. The highest BCUT2D eigenvalue weighted by Gasteiger charge is 2.46. The van der Waals surface area contributed by atoms with Crippen LogP contribution >= 0.6 is 0 Å². The number of imide groups is 1.